The molecule has 0 radical (unpaired) electrons. The smallest absolute Gasteiger partial charge is 0.240 e. The zero-order valence-corrected chi connectivity index (χ0v) is 19.0. The van der Waals surface area contributed by atoms with Gasteiger partial charge in [0, 0.05) is 59.3 Å². The first-order valence-corrected chi connectivity index (χ1v) is 9.94. The molecule has 9 nitrogen and oxygen atoms in total. The zero-order chi connectivity index (χ0) is 19.1. The minimum atomic E-state index is -0.157. The molecule has 0 aliphatic carbocycles. The predicted octanol–water partition coefficient (Wildman–Crippen LogP) is 0.950. The standard InChI is InChI=1S/C18H32N6O3.2ClH/c1-15(26-2)18-20-16(27-21-18)14-23-8-3-7-22(12-13-23)9-4-17(25)24-10-5-19-6-11-24;;/h15,19H,3-14H2,1-2H3;2*1H. The Morgan fingerprint density at radius 3 is 2.55 bits per heavy atom. The molecule has 1 atom stereocenters. The van der Waals surface area contributed by atoms with Crippen LogP contribution >= 0.6 is 24.8 Å². The predicted molar refractivity (Wildman–Crippen MR) is 115 cm³/mol. The van der Waals surface area contributed by atoms with Gasteiger partial charge in [-0.25, -0.2) is 0 Å². The van der Waals surface area contributed by atoms with Gasteiger partial charge in [-0.1, -0.05) is 5.16 Å². The van der Waals surface area contributed by atoms with E-state index in [4.69, 9.17) is 9.26 Å². The molecule has 11 heteroatoms. The summed E-state index contributed by atoms with van der Waals surface area (Å²) in [6.45, 7) is 10.8. The molecule has 3 heterocycles. The number of carbonyl (C=O) groups excluding carboxylic acids is 1. The van der Waals surface area contributed by atoms with Gasteiger partial charge in [0.1, 0.15) is 6.10 Å². The van der Waals surface area contributed by atoms with Crippen LogP contribution in [0.2, 0.25) is 0 Å². The van der Waals surface area contributed by atoms with Crippen molar-refractivity contribution in [2.24, 2.45) is 0 Å². The molecule has 1 aromatic heterocycles. The van der Waals surface area contributed by atoms with Crippen LogP contribution in [-0.4, -0.2) is 96.8 Å². The highest BCUT2D eigenvalue weighted by Crippen LogP contribution is 2.14. The van der Waals surface area contributed by atoms with Crippen molar-refractivity contribution in [1.82, 2.24) is 30.2 Å². The number of nitrogens with one attached hydrogen (secondary N) is 1. The van der Waals surface area contributed by atoms with Gasteiger partial charge in [-0.05, 0) is 26.4 Å². The van der Waals surface area contributed by atoms with Crippen LogP contribution in [0, 0.1) is 0 Å². The number of methoxy groups -OCH3 is 1. The molecule has 0 spiro atoms. The highest BCUT2D eigenvalue weighted by molar-refractivity contribution is 5.85. The zero-order valence-electron chi connectivity index (χ0n) is 17.3. The van der Waals surface area contributed by atoms with E-state index in [-0.39, 0.29) is 36.8 Å². The topological polar surface area (TPSA) is 87.0 Å². The number of amides is 1. The summed E-state index contributed by atoms with van der Waals surface area (Å²) in [4.78, 5) is 23.5. The Morgan fingerprint density at radius 2 is 1.83 bits per heavy atom. The van der Waals surface area contributed by atoms with Gasteiger partial charge in [-0.2, -0.15) is 4.98 Å². The molecule has 1 N–H and O–H groups in total. The van der Waals surface area contributed by atoms with Crippen molar-refractivity contribution < 1.29 is 14.1 Å². The van der Waals surface area contributed by atoms with E-state index in [0.29, 0.717) is 24.7 Å². The average Bonchev–Trinajstić information content (AvgIpc) is 3.05. The van der Waals surface area contributed by atoms with Gasteiger partial charge in [0.2, 0.25) is 11.8 Å². The number of carbonyl (C=O) groups is 1. The number of rotatable bonds is 7. The largest absolute Gasteiger partial charge is 0.374 e. The minimum absolute atomic E-state index is 0. The number of halogens is 2. The van der Waals surface area contributed by atoms with Gasteiger partial charge in [-0.3, -0.25) is 9.69 Å². The van der Waals surface area contributed by atoms with Crippen molar-refractivity contribution in [3.05, 3.63) is 11.7 Å². The molecule has 2 fully saturated rings. The summed E-state index contributed by atoms with van der Waals surface area (Å²) in [5, 5.41) is 7.27. The van der Waals surface area contributed by atoms with Gasteiger partial charge < -0.3 is 24.4 Å². The van der Waals surface area contributed by atoms with Crippen LogP contribution in [-0.2, 0) is 16.1 Å². The van der Waals surface area contributed by atoms with Crippen LogP contribution in [0.25, 0.3) is 0 Å². The molecule has 168 valence electrons. The van der Waals surface area contributed by atoms with E-state index in [0.717, 1.165) is 65.3 Å². The van der Waals surface area contributed by atoms with Crippen molar-refractivity contribution in [2.45, 2.75) is 32.4 Å². The molecule has 1 unspecified atom stereocenters. The third kappa shape index (κ3) is 7.99. The summed E-state index contributed by atoms with van der Waals surface area (Å²) < 4.78 is 10.6. The Hall–Kier alpha value is -0.970. The summed E-state index contributed by atoms with van der Waals surface area (Å²) in [5.41, 5.74) is 0. The summed E-state index contributed by atoms with van der Waals surface area (Å²) >= 11 is 0. The number of nitrogens with zero attached hydrogens (tertiary/aromatic N) is 5. The Labute approximate surface area is 185 Å². The Bertz CT molecular complexity index is 600. The average molecular weight is 453 g/mol. The number of hydrogen-bond acceptors (Lipinski definition) is 8. The molecule has 1 amide bonds. The maximum atomic E-state index is 12.3. The SMILES string of the molecule is COC(C)c1noc(CN2CCCN(CCC(=O)N3CCNCC3)CC2)n1.Cl.Cl. The lowest BCUT2D eigenvalue weighted by molar-refractivity contribution is -0.132. The van der Waals surface area contributed by atoms with Gasteiger partial charge in [0.25, 0.3) is 0 Å². The van der Waals surface area contributed by atoms with E-state index < -0.39 is 0 Å². The van der Waals surface area contributed by atoms with Crippen LogP contribution in [0.15, 0.2) is 4.52 Å². The monoisotopic (exact) mass is 452 g/mol. The number of hydrogen-bond donors (Lipinski definition) is 1. The van der Waals surface area contributed by atoms with Crippen molar-refractivity contribution in [1.29, 1.82) is 0 Å². The first kappa shape index (κ1) is 26.1. The maximum absolute atomic E-state index is 12.3. The van der Waals surface area contributed by atoms with Crippen LogP contribution < -0.4 is 5.32 Å². The van der Waals surface area contributed by atoms with E-state index in [1.54, 1.807) is 7.11 Å². The summed E-state index contributed by atoms with van der Waals surface area (Å²) in [6, 6.07) is 0. The molecule has 0 bridgehead atoms. The third-order valence-corrected chi connectivity index (χ3v) is 5.35. The number of ether oxygens (including phenoxy) is 1. The highest BCUT2D eigenvalue weighted by Gasteiger charge is 2.21. The Morgan fingerprint density at radius 1 is 1.14 bits per heavy atom. The van der Waals surface area contributed by atoms with Crippen LogP contribution in [0.1, 0.15) is 37.6 Å². The van der Waals surface area contributed by atoms with Crippen molar-refractivity contribution in [3.8, 4) is 0 Å². The Kier molecular flexibility index (Phi) is 12.0. The van der Waals surface area contributed by atoms with Crippen molar-refractivity contribution in [2.75, 3.05) is 66.0 Å². The second-order valence-corrected chi connectivity index (χ2v) is 7.28. The fourth-order valence-electron chi connectivity index (χ4n) is 3.53. The second-order valence-electron chi connectivity index (χ2n) is 7.28. The summed E-state index contributed by atoms with van der Waals surface area (Å²) in [6.07, 6.45) is 1.54. The fraction of sp³-hybridized carbons (Fsp3) is 0.833. The lowest BCUT2D eigenvalue weighted by atomic mass is 10.3. The number of piperazine rings is 1. The molecule has 1 aromatic rings. The van der Waals surface area contributed by atoms with E-state index in [1.807, 2.05) is 11.8 Å². The lowest BCUT2D eigenvalue weighted by Crippen LogP contribution is -2.47. The van der Waals surface area contributed by atoms with Gasteiger partial charge in [-0.15, -0.1) is 24.8 Å². The van der Waals surface area contributed by atoms with Crippen LogP contribution in [0.5, 0.6) is 0 Å². The molecule has 3 rings (SSSR count). The molecule has 29 heavy (non-hydrogen) atoms. The Balaban J connectivity index is 0.00000210. The molecular weight excluding hydrogens is 419 g/mol. The van der Waals surface area contributed by atoms with E-state index in [1.165, 1.54) is 0 Å². The first-order valence-electron chi connectivity index (χ1n) is 9.94. The molecule has 0 aromatic carbocycles. The summed E-state index contributed by atoms with van der Waals surface area (Å²) in [5.74, 6) is 1.51. The van der Waals surface area contributed by atoms with Crippen molar-refractivity contribution in [3.63, 3.8) is 0 Å². The van der Waals surface area contributed by atoms with E-state index in [2.05, 4.69) is 25.3 Å². The van der Waals surface area contributed by atoms with Gasteiger partial charge in [0.05, 0.1) is 6.54 Å². The molecular formula is C18H34Cl2N6O3. The van der Waals surface area contributed by atoms with Gasteiger partial charge >= 0.3 is 0 Å². The minimum Gasteiger partial charge on any atom is -0.374 e. The van der Waals surface area contributed by atoms with E-state index >= 15 is 0 Å². The first-order chi connectivity index (χ1) is 13.2. The molecule has 2 saturated heterocycles. The molecule has 2 aliphatic rings. The number of aromatic nitrogens is 2. The normalized spacial score (nSPS) is 19.7. The van der Waals surface area contributed by atoms with Crippen LogP contribution in [0.3, 0.4) is 0 Å². The van der Waals surface area contributed by atoms with Gasteiger partial charge in [0.15, 0.2) is 5.82 Å². The maximum Gasteiger partial charge on any atom is 0.240 e. The highest BCUT2D eigenvalue weighted by atomic mass is 35.5. The lowest BCUT2D eigenvalue weighted by Gasteiger charge is -2.28. The van der Waals surface area contributed by atoms with Crippen molar-refractivity contribution >= 4 is 30.7 Å². The fourth-order valence-corrected chi connectivity index (χ4v) is 3.53. The molecule has 2 aliphatic heterocycles. The van der Waals surface area contributed by atoms with Crippen LogP contribution in [0.4, 0.5) is 0 Å². The van der Waals surface area contributed by atoms with E-state index in [9.17, 15) is 4.79 Å². The summed E-state index contributed by atoms with van der Waals surface area (Å²) in [7, 11) is 1.64. The molecule has 0 saturated carbocycles. The second kappa shape index (κ2) is 13.4. The quantitative estimate of drug-likeness (QED) is 0.653. The third-order valence-electron chi connectivity index (χ3n) is 5.35.